The Labute approximate surface area is 146 Å². The van der Waals surface area contributed by atoms with Gasteiger partial charge in [-0.3, -0.25) is 14.2 Å². The number of thioether (sulfide) groups is 1. The van der Waals surface area contributed by atoms with Gasteiger partial charge >= 0.3 is 0 Å². The van der Waals surface area contributed by atoms with Gasteiger partial charge in [-0.05, 0) is 38.3 Å². The van der Waals surface area contributed by atoms with Crippen molar-refractivity contribution in [2.75, 3.05) is 12.8 Å². The molecular weight excluding hydrogens is 324 g/mol. The highest BCUT2D eigenvalue weighted by atomic mass is 32.2. The minimum absolute atomic E-state index is 0.0675. The first-order valence-electron chi connectivity index (χ1n) is 7.76. The molecule has 0 bridgehead atoms. The van der Waals surface area contributed by atoms with E-state index in [1.165, 1.54) is 11.8 Å². The molecule has 1 aromatic heterocycles. The van der Waals surface area contributed by atoms with Crippen LogP contribution in [0.1, 0.15) is 30.6 Å². The van der Waals surface area contributed by atoms with E-state index in [1.807, 2.05) is 49.1 Å². The Hall–Kier alpha value is -2.28. The lowest BCUT2D eigenvalue weighted by Gasteiger charge is -2.10. The first-order chi connectivity index (χ1) is 11.5. The van der Waals surface area contributed by atoms with Crippen LogP contribution in [-0.4, -0.2) is 40.2 Å². The van der Waals surface area contributed by atoms with Crippen molar-refractivity contribution in [1.82, 2.24) is 20.2 Å². The molecule has 2 rings (SSSR count). The van der Waals surface area contributed by atoms with Gasteiger partial charge in [0.15, 0.2) is 5.16 Å². The molecule has 7 heteroatoms. The summed E-state index contributed by atoms with van der Waals surface area (Å²) in [6.07, 6.45) is 5.81. The smallest absolute Gasteiger partial charge is 0.251 e. The summed E-state index contributed by atoms with van der Waals surface area (Å²) in [5.74, 6) is -0.262. The fraction of sp³-hybridized carbons (Fsp3) is 0.353. The van der Waals surface area contributed by atoms with Crippen LogP contribution in [0.2, 0.25) is 0 Å². The molecule has 6 nitrogen and oxygen atoms in total. The number of carbonyl (C=O) groups is 2. The molecule has 1 aromatic carbocycles. The van der Waals surface area contributed by atoms with Gasteiger partial charge in [-0.1, -0.05) is 17.8 Å². The van der Waals surface area contributed by atoms with Gasteiger partial charge in [-0.25, -0.2) is 4.98 Å². The Morgan fingerprint density at radius 3 is 2.83 bits per heavy atom. The van der Waals surface area contributed by atoms with Crippen molar-refractivity contribution in [3.8, 4) is 5.69 Å². The number of aromatic nitrogens is 2. The lowest BCUT2D eigenvalue weighted by molar-refractivity contribution is -0.121. The minimum Gasteiger partial charge on any atom is -0.354 e. The number of benzene rings is 1. The highest BCUT2D eigenvalue weighted by molar-refractivity contribution is 7.98. The lowest BCUT2D eigenvalue weighted by Crippen LogP contribution is -2.34. The van der Waals surface area contributed by atoms with Crippen molar-refractivity contribution in [3.63, 3.8) is 0 Å². The van der Waals surface area contributed by atoms with Gasteiger partial charge in [0.1, 0.15) is 0 Å². The second-order valence-electron chi connectivity index (χ2n) is 5.56. The van der Waals surface area contributed by atoms with Gasteiger partial charge in [0.2, 0.25) is 5.91 Å². The van der Waals surface area contributed by atoms with Crippen LogP contribution in [0.5, 0.6) is 0 Å². The molecule has 0 saturated heterocycles. The fourth-order valence-corrected chi connectivity index (χ4v) is 2.75. The summed E-state index contributed by atoms with van der Waals surface area (Å²) < 4.78 is 1.93. The van der Waals surface area contributed by atoms with E-state index in [-0.39, 0.29) is 24.3 Å². The second kappa shape index (κ2) is 8.54. The topological polar surface area (TPSA) is 76.0 Å². The summed E-state index contributed by atoms with van der Waals surface area (Å²) >= 11 is 1.54. The number of nitrogens with one attached hydrogen (secondary N) is 2. The summed E-state index contributed by atoms with van der Waals surface area (Å²) in [7, 11) is 0. The zero-order valence-electron chi connectivity index (χ0n) is 14.1. The van der Waals surface area contributed by atoms with Gasteiger partial charge in [0.25, 0.3) is 5.91 Å². The average molecular weight is 346 g/mol. The zero-order valence-corrected chi connectivity index (χ0v) is 14.9. The SMILES string of the molecule is CSc1nccn1-c1cccc(C(=O)NCCC(=O)NC(C)C)c1. The molecule has 0 fully saturated rings. The van der Waals surface area contributed by atoms with Crippen molar-refractivity contribution in [2.24, 2.45) is 0 Å². The molecule has 0 aliphatic rings. The third kappa shape index (κ3) is 4.86. The number of nitrogens with zero attached hydrogens (tertiary/aromatic N) is 2. The summed E-state index contributed by atoms with van der Waals surface area (Å²) in [6.45, 7) is 4.12. The number of hydrogen-bond acceptors (Lipinski definition) is 4. The maximum absolute atomic E-state index is 12.3. The highest BCUT2D eigenvalue weighted by Gasteiger charge is 2.10. The first-order valence-corrected chi connectivity index (χ1v) is 8.99. The van der Waals surface area contributed by atoms with Crippen molar-refractivity contribution in [3.05, 3.63) is 42.2 Å². The van der Waals surface area contributed by atoms with Gasteiger partial charge in [0.05, 0.1) is 0 Å². The lowest BCUT2D eigenvalue weighted by atomic mass is 10.2. The molecule has 2 aromatic rings. The van der Waals surface area contributed by atoms with Crippen LogP contribution in [0, 0.1) is 0 Å². The van der Waals surface area contributed by atoms with Crippen LogP contribution < -0.4 is 10.6 Å². The molecule has 0 spiro atoms. The highest BCUT2D eigenvalue weighted by Crippen LogP contribution is 2.18. The third-order valence-electron chi connectivity index (χ3n) is 3.26. The number of rotatable bonds is 7. The van der Waals surface area contributed by atoms with Crippen LogP contribution in [-0.2, 0) is 4.79 Å². The quantitative estimate of drug-likeness (QED) is 0.754. The summed E-state index contributed by atoms with van der Waals surface area (Å²) in [5.41, 5.74) is 1.43. The molecule has 2 N–H and O–H groups in total. The molecule has 2 amide bonds. The summed E-state index contributed by atoms with van der Waals surface area (Å²) in [4.78, 5) is 28.1. The van der Waals surface area contributed by atoms with Crippen molar-refractivity contribution < 1.29 is 9.59 Å². The number of amides is 2. The normalized spacial score (nSPS) is 10.7. The first kappa shape index (κ1) is 18.1. The maximum atomic E-state index is 12.3. The summed E-state index contributed by atoms with van der Waals surface area (Å²) in [6, 6.07) is 7.42. The largest absolute Gasteiger partial charge is 0.354 e. The van der Waals surface area contributed by atoms with Crippen LogP contribution in [0.25, 0.3) is 5.69 Å². The number of carbonyl (C=O) groups excluding carboxylic acids is 2. The standard InChI is InChI=1S/C17H22N4O2S/c1-12(2)20-15(22)7-8-18-16(23)13-5-4-6-14(11-13)21-10-9-19-17(21)24-3/h4-6,9-12H,7-8H2,1-3H3,(H,18,23)(H,20,22). The molecule has 128 valence electrons. The number of imidazole rings is 1. The van der Waals surface area contributed by atoms with Crippen LogP contribution in [0.3, 0.4) is 0 Å². The van der Waals surface area contributed by atoms with E-state index in [2.05, 4.69) is 15.6 Å². The Morgan fingerprint density at radius 1 is 1.33 bits per heavy atom. The van der Waals surface area contributed by atoms with Gasteiger partial charge in [0, 0.05) is 42.7 Å². The molecule has 24 heavy (non-hydrogen) atoms. The molecule has 0 atom stereocenters. The molecule has 0 unspecified atom stereocenters. The van der Waals surface area contributed by atoms with E-state index < -0.39 is 0 Å². The van der Waals surface area contributed by atoms with E-state index in [9.17, 15) is 9.59 Å². The van der Waals surface area contributed by atoms with Crippen LogP contribution in [0.4, 0.5) is 0 Å². The molecular formula is C17H22N4O2S. The Balaban J connectivity index is 1.98. The third-order valence-corrected chi connectivity index (χ3v) is 3.93. The fourth-order valence-electron chi connectivity index (χ4n) is 2.22. The van der Waals surface area contributed by atoms with Crippen molar-refractivity contribution in [1.29, 1.82) is 0 Å². The predicted molar refractivity (Wildman–Crippen MR) is 95.6 cm³/mol. The van der Waals surface area contributed by atoms with Gasteiger partial charge in [-0.15, -0.1) is 0 Å². The van der Waals surface area contributed by atoms with Gasteiger partial charge in [-0.2, -0.15) is 0 Å². The Kier molecular flexibility index (Phi) is 6.43. The predicted octanol–water partition coefficient (Wildman–Crippen LogP) is 2.24. The Morgan fingerprint density at radius 2 is 2.12 bits per heavy atom. The Bertz CT molecular complexity index is 712. The van der Waals surface area contributed by atoms with E-state index >= 15 is 0 Å². The number of hydrogen-bond donors (Lipinski definition) is 2. The minimum atomic E-state index is -0.194. The maximum Gasteiger partial charge on any atom is 0.251 e. The monoisotopic (exact) mass is 346 g/mol. The average Bonchev–Trinajstić information content (AvgIpc) is 3.02. The molecule has 0 aliphatic carbocycles. The van der Waals surface area contributed by atoms with Crippen molar-refractivity contribution >= 4 is 23.6 Å². The van der Waals surface area contributed by atoms with Gasteiger partial charge < -0.3 is 10.6 Å². The van der Waals surface area contributed by atoms with E-state index in [0.717, 1.165) is 10.8 Å². The molecule has 0 aliphatic heterocycles. The van der Waals surface area contributed by atoms with Crippen LogP contribution in [0.15, 0.2) is 41.8 Å². The van der Waals surface area contributed by atoms with Crippen molar-refractivity contribution in [2.45, 2.75) is 31.5 Å². The second-order valence-corrected chi connectivity index (χ2v) is 6.34. The van der Waals surface area contributed by atoms with E-state index in [1.54, 1.807) is 12.3 Å². The van der Waals surface area contributed by atoms with E-state index in [0.29, 0.717) is 12.1 Å². The van der Waals surface area contributed by atoms with E-state index in [4.69, 9.17) is 0 Å². The van der Waals surface area contributed by atoms with Crippen LogP contribution >= 0.6 is 11.8 Å². The zero-order chi connectivity index (χ0) is 17.5. The molecule has 0 saturated carbocycles. The molecule has 0 radical (unpaired) electrons. The summed E-state index contributed by atoms with van der Waals surface area (Å²) in [5, 5.41) is 6.43. The molecule has 1 heterocycles.